The number of hydrogen-bond acceptors (Lipinski definition) is 9. The molecule has 3 rings (SSSR count). The SMILES string of the molecule is COCCOCCOc1cc([C@H](C(=O)N2C[C@H](O)C[C@H]2C(=O)N[C@@H](C)c2ccc(C#N)cc2)C(C)C)on1. The fourth-order valence-corrected chi connectivity index (χ4v) is 4.40. The van der Waals surface area contributed by atoms with Gasteiger partial charge in [-0.25, -0.2) is 0 Å². The van der Waals surface area contributed by atoms with Gasteiger partial charge in [-0.3, -0.25) is 9.59 Å². The molecule has 0 aliphatic carbocycles. The molecule has 1 aliphatic rings. The molecule has 2 amide bonds. The van der Waals surface area contributed by atoms with Gasteiger partial charge in [-0.1, -0.05) is 26.0 Å². The summed E-state index contributed by atoms with van der Waals surface area (Å²) in [7, 11) is 1.60. The van der Waals surface area contributed by atoms with Crippen molar-refractivity contribution in [2.45, 2.75) is 51.3 Å². The lowest BCUT2D eigenvalue weighted by molar-refractivity contribution is -0.141. The normalized spacial score (nSPS) is 18.7. The molecule has 4 atom stereocenters. The highest BCUT2D eigenvalue weighted by atomic mass is 16.6. The molecule has 1 aromatic heterocycles. The van der Waals surface area contributed by atoms with Crippen molar-refractivity contribution in [2.75, 3.05) is 40.1 Å². The van der Waals surface area contributed by atoms with E-state index in [4.69, 9.17) is 24.0 Å². The van der Waals surface area contributed by atoms with Crippen LogP contribution in [0.5, 0.6) is 5.88 Å². The maximum absolute atomic E-state index is 13.7. The van der Waals surface area contributed by atoms with Crippen molar-refractivity contribution >= 4 is 11.8 Å². The van der Waals surface area contributed by atoms with Crippen molar-refractivity contribution in [2.24, 2.45) is 5.92 Å². The number of aliphatic hydroxyl groups excluding tert-OH is 1. The molecule has 206 valence electrons. The van der Waals surface area contributed by atoms with E-state index in [1.54, 1.807) is 37.4 Å². The summed E-state index contributed by atoms with van der Waals surface area (Å²) in [5.74, 6) is -1.00. The number of rotatable bonds is 13. The molecular weight excluding hydrogens is 492 g/mol. The van der Waals surface area contributed by atoms with Crippen LogP contribution in [0.25, 0.3) is 0 Å². The minimum Gasteiger partial charge on any atom is -0.473 e. The van der Waals surface area contributed by atoms with Gasteiger partial charge in [0.05, 0.1) is 43.6 Å². The Hall–Kier alpha value is -3.46. The van der Waals surface area contributed by atoms with E-state index >= 15 is 0 Å². The topological polar surface area (TPSA) is 147 Å². The number of benzene rings is 1. The molecule has 1 saturated heterocycles. The van der Waals surface area contributed by atoms with Crippen LogP contribution < -0.4 is 10.1 Å². The van der Waals surface area contributed by atoms with E-state index in [0.29, 0.717) is 31.1 Å². The fraction of sp³-hybridized carbons (Fsp3) is 0.556. The van der Waals surface area contributed by atoms with Crippen LogP contribution in [-0.4, -0.2) is 79.2 Å². The van der Waals surface area contributed by atoms with Crippen LogP contribution >= 0.6 is 0 Å². The smallest absolute Gasteiger partial charge is 0.254 e. The Balaban J connectivity index is 1.66. The molecule has 2 heterocycles. The maximum Gasteiger partial charge on any atom is 0.254 e. The van der Waals surface area contributed by atoms with E-state index in [1.807, 2.05) is 20.8 Å². The quantitative estimate of drug-likeness (QED) is 0.373. The molecule has 38 heavy (non-hydrogen) atoms. The summed E-state index contributed by atoms with van der Waals surface area (Å²) in [6.07, 6.45) is -0.685. The summed E-state index contributed by atoms with van der Waals surface area (Å²) in [4.78, 5) is 28.3. The van der Waals surface area contributed by atoms with Gasteiger partial charge in [0.2, 0.25) is 11.8 Å². The lowest BCUT2D eigenvalue weighted by atomic mass is 9.91. The minimum absolute atomic E-state index is 0.0433. The van der Waals surface area contributed by atoms with Crippen molar-refractivity contribution < 1.29 is 33.4 Å². The highest BCUT2D eigenvalue weighted by molar-refractivity contribution is 5.91. The molecule has 11 heteroatoms. The average molecular weight is 529 g/mol. The second-order valence-corrected chi connectivity index (χ2v) is 9.60. The number of amides is 2. The Morgan fingerprint density at radius 1 is 1.21 bits per heavy atom. The first-order valence-electron chi connectivity index (χ1n) is 12.7. The second kappa shape index (κ2) is 13.9. The third-order valence-corrected chi connectivity index (χ3v) is 6.42. The zero-order chi connectivity index (χ0) is 27.7. The number of likely N-dealkylation sites (tertiary alicyclic amines) is 1. The summed E-state index contributed by atoms with van der Waals surface area (Å²) >= 11 is 0. The number of nitrogens with zero attached hydrogens (tertiary/aromatic N) is 3. The number of nitrogens with one attached hydrogen (secondary N) is 1. The molecular formula is C27H36N4O7. The first-order chi connectivity index (χ1) is 18.2. The Bertz CT molecular complexity index is 1100. The molecule has 1 aliphatic heterocycles. The molecule has 11 nitrogen and oxygen atoms in total. The van der Waals surface area contributed by atoms with E-state index in [-0.39, 0.29) is 49.2 Å². The van der Waals surface area contributed by atoms with Crippen LogP contribution in [0.3, 0.4) is 0 Å². The number of ether oxygens (including phenoxy) is 3. The summed E-state index contributed by atoms with van der Waals surface area (Å²) in [5.41, 5.74) is 1.35. The van der Waals surface area contributed by atoms with Gasteiger partial charge in [0.15, 0.2) is 5.76 Å². The Morgan fingerprint density at radius 3 is 2.58 bits per heavy atom. The molecule has 0 radical (unpaired) electrons. The van der Waals surface area contributed by atoms with E-state index < -0.39 is 18.1 Å². The third kappa shape index (κ3) is 7.54. The fourth-order valence-electron chi connectivity index (χ4n) is 4.40. The number of hydrogen-bond donors (Lipinski definition) is 2. The van der Waals surface area contributed by atoms with E-state index in [0.717, 1.165) is 5.56 Å². The number of β-amino-alcohol motifs (C(OH)–C–C–N with tert-alkyl or cyclic N) is 1. The lowest BCUT2D eigenvalue weighted by Gasteiger charge is -2.29. The Labute approximate surface area is 222 Å². The van der Waals surface area contributed by atoms with Gasteiger partial charge >= 0.3 is 0 Å². The Morgan fingerprint density at radius 2 is 1.92 bits per heavy atom. The van der Waals surface area contributed by atoms with Crippen LogP contribution in [-0.2, 0) is 19.1 Å². The van der Waals surface area contributed by atoms with E-state index in [1.165, 1.54) is 4.90 Å². The van der Waals surface area contributed by atoms with Crippen LogP contribution in [0.4, 0.5) is 0 Å². The molecule has 1 fully saturated rings. The predicted molar refractivity (Wildman–Crippen MR) is 136 cm³/mol. The van der Waals surface area contributed by atoms with Gasteiger partial charge in [-0.2, -0.15) is 5.26 Å². The van der Waals surface area contributed by atoms with Crippen molar-refractivity contribution in [1.82, 2.24) is 15.4 Å². The molecule has 0 bridgehead atoms. The first-order valence-corrected chi connectivity index (χ1v) is 12.7. The van der Waals surface area contributed by atoms with Crippen LogP contribution in [0.15, 0.2) is 34.9 Å². The molecule has 2 aromatic rings. The third-order valence-electron chi connectivity index (χ3n) is 6.42. The van der Waals surface area contributed by atoms with Crippen molar-refractivity contribution in [3.05, 3.63) is 47.2 Å². The molecule has 2 N–H and O–H groups in total. The van der Waals surface area contributed by atoms with E-state index in [9.17, 15) is 14.7 Å². The van der Waals surface area contributed by atoms with Crippen LogP contribution in [0.1, 0.15) is 56.0 Å². The maximum atomic E-state index is 13.7. The average Bonchev–Trinajstić information content (AvgIpc) is 3.52. The highest BCUT2D eigenvalue weighted by Gasteiger charge is 2.43. The summed E-state index contributed by atoms with van der Waals surface area (Å²) in [5, 5.41) is 26.2. The van der Waals surface area contributed by atoms with Gasteiger partial charge in [0.25, 0.3) is 5.88 Å². The minimum atomic E-state index is -0.831. The molecule has 0 unspecified atom stereocenters. The van der Waals surface area contributed by atoms with Crippen molar-refractivity contribution in [1.29, 1.82) is 5.26 Å². The number of methoxy groups -OCH3 is 1. The second-order valence-electron chi connectivity index (χ2n) is 9.60. The molecule has 0 spiro atoms. The van der Waals surface area contributed by atoms with Crippen LogP contribution in [0.2, 0.25) is 0 Å². The Kier molecular flexibility index (Phi) is 10.6. The van der Waals surface area contributed by atoms with E-state index in [2.05, 4.69) is 16.5 Å². The summed E-state index contributed by atoms with van der Waals surface area (Å²) < 4.78 is 21.3. The highest BCUT2D eigenvalue weighted by Crippen LogP contribution is 2.32. The summed E-state index contributed by atoms with van der Waals surface area (Å²) in [6.45, 7) is 7.18. The van der Waals surface area contributed by atoms with Gasteiger partial charge in [0, 0.05) is 26.1 Å². The van der Waals surface area contributed by atoms with Crippen molar-refractivity contribution in [3.8, 4) is 11.9 Å². The van der Waals surface area contributed by atoms with Gasteiger partial charge in [0.1, 0.15) is 18.6 Å². The first kappa shape index (κ1) is 29.1. The standard InChI is InChI=1S/C27H36N4O7/c1-17(2)25(23-14-24(30-38-23)37-12-11-36-10-9-35-4)27(34)31-16-21(32)13-22(31)26(33)29-18(3)20-7-5-19(15-28)6-8-20/h5-8,14,17-18,21-22,25,32H,9-13,16H2,1-4H3,(H,29,33)/t18-,21+,22-,25+/m0/s1. The zero-order valence-corrected chi connectivity index (χ0v) is 22.3. The molecule has 0 saturated carbocycles. The van der Waals surface area contributed by atoms with Crippen LogP contribution in [0, 0.1) is 17.2 Å². The van der Waals surface area contributed by atoms with Gasteiger partial charge in [-0.15, -0.1) is 0 Å². The number of nitriles is 1. The largest absolute Gasteiger partial charge is 0.473 e. The number of carbonyl (C=O) groups is 2. The number of aromatic nitrogens is 1. The zero-order valence-electron chi connectivity index (χ0n) is 22.3. The lowest BCUT2D eigenvalue weighted by Crippen LogP contribution is -2.48. The number of carbonyl (C=O) groups excluding carboxylic acids is 2. The molecule has 1 aromatic carbocycles. The van der Waals surface area contributed by atoms with Gasteiger partial charge < -0.3 is 34.1 Å². The van der Waals surface area contributed by atoms with Crippen molar-refractivity contribution in [3.63, 3.8) is 0 Å². The predicted octanol–water partition coefficient (Wildman–Crippen LogP) is 2.17. The summed E-state index contributed by atoms with van der Waals surface area (Å²) in [6, 6.07) is 9.39. The van der Waals surface area contributed by atoms with Gasteiger partial charge in [-0.05, 0) is 35.7 Å². The number of aliphatic hydroxyl groups is 1. The monoisotopic (exact) mass is 528 g/mol.